The SMILES string of the molecule is Cc1cc(C)n(CCNC(=O)c2ccc3nnc(C(O)C(C)C)n3c2)c(=O)n1. The summed E-state index contributed by atoms with van der Waals surface area (Å²) in [5, 5.41) is 21.2. The van der Waals surface area contributed by atoms with Gasteiger partial charge < -0.3 is 10.4 Å². The molecule has 0 spiro atoms. The van der Waals surface area contributed by atoms with Crippen molar-refractivity contribution in [3.63, 3.8) is 0 Å². The molecule has 0 bridgehead atoms. The fourth-order valence-corrected chi connectivity index (χ4v) is 2.97. The molecule has 0 saturated heterocycles. The molecule has 1 atom stereocenters. The van der Waals surface area contributed by atoms with Crippen LogP contribution in [0.15, 0.2) is 29.2 Å². The van der Waals surface area contributed by atoms with Crippen molar-refractivity contribution >= 4 is 11.6 Å². The summed E-state index contributed by atoms with van der Waals surface area (Å²) in [5.41, 5.74) is 2.11. The number of nitrogens with one attached hydrogen (secondary N) is 1. The average molecular weight is 384 g/mol. The number of nitrogens with zero attached hydrogens (tertiary/aromatic N) is 5. The Hall–Kier alpha value is -3.07. The summed E-state index contributed by atoms with van der Waals surface area (Å²) >= 11 is 0. The molecule has 28 heavy (non-hydrogen) atoms. The van der Waals surface area contributed by atoms with Gasteiger partial charge in [0.15, 0.2) is 11.5 Å². The van der Waals surface area contributed by atoms with Crippen LogP contribution in [-0.2, 0) is 6.54 Å². The third kappa shape index (κ3) is 3.94. The van der Waals surface area contributed by atoms with Gasteiger partial charge in [0, 0.05) is 30.7 Å². The molecular formula is C19H24N6O3. The smallest absolute Gasteiger partial charge is 0.348 e. The maximum Gasteiger partial charge on any atom is 0.348 e. The molecule has 2 N–H and O–H groups in total. The van der Waals surface area contributed by atoms with E-state index in [1.54, 1.807) is 29.7 Å². The summed E-state index contributed by atoms with van der Waals surface area (Å²) in [4.78, 5) is 28.4. The van der Waals surface area contributed by atoms with Crippen LogP contribution in [0.2, 0.25) is 0 Å². The standard InChI is InChI=1S/C19H24N6O3/c1-11(2)16(26)17-23-22-15-6-5-14(10-25(15)17)18(27)20-7-8-24-13(4)9-12(3)21-19(24)28/h5-6,9-11,16,26H,7-8H2,1-4H3,(H,20,27). The van der Waals surface area contributed by atoms with E-state index in [4.69, 9.17) is 0 Å². The second-order valence-corrected chi connectivity index (χ2v) is 7.12. The minimum Gasteiger partial charge on any atom is -0.385 e. The van der Waals surface area contributed by atoms with Crippen molar-refractivity contribution in [3.05, 3.63) is 57.7 Å². The van der Waals surface area contributed by atoms with E-state index in [0.29, 0.717) is 29.3 Å². The molecular weight excluding hydrogens is 360 g/mol. The molecule has 3 heterocycles. The molecule has 3 rings (SSSR count). The van der Waals surface area contributed by atoms with Crippen molar-refractivity contribution in [2.24, 2.45) is 5.92 Å². The van der Waals surface area contributed by atoms with E-state index in [1.807, 2.05) is 26.8 Å². The number of aliphatic hydroxyl groups is 1. The number of carbonyl (C=O) groups is 1. The summed E-state index contributed by atoms with van der Waals surface area (Å²) in [6, 6.07) is 5.15. The summed E-state index contributed by atoms with van der Waals surface area (Å²) in [6.07, 6.45) is 0.827. The largest absolute Gasteiger partial charge is 0.385 e. The molecule has 3 aromatic rings. The van der Waals surface area contributed by atoms with Gasteiger partial charge in [-0.2, -0.15) is 4.98 Å². The van der Waals surface area contributed by atoms with E-state index >= 15 is 0 Å². The molecule has 3 aromatic heterocycles. The Labute approximate surface area is 162 Å². The van der Waals surface area contributed by atoms with Gasteiger partial charge in [0.2, 0.25) is 0 Å². The van der Waals surface area contributed by atoms with Crippen molar-refractivity contribution in [3.8, 4) is 0 Å². The fourth-order valence-electron chi connectivity index (χ4n) is 2.97. The molecule has 0 aliphatic carbocycles. The second-order valence-electron chi connectivity index (χ2n) is 7.12. The number of pyridine rings is 1. The Balaban J connectivity index is 1.73. The van der Waals surface area contributed by atoms with Crippen molar-refractivity contribution in [1.82, 2.24) is 29.5 Å². The zero-order valence-corrected chi connectivity index (χ0v) is 16.4. The van der Waals surface area contributed by atoms with Crippen LogP contribution in [0.4, 0.5) is 0 Å². The molecule has 0 aliphatic heterocycles. The van der Waals surface area contributed by atoms with E-state index in [-0.39, 0.29) is 24.1 Å². The number of hydrogen-bond donors (Lipinski definition) is 2. The number of fused-ring (bicyclic) bond motifs is 1. The Kier molecular flexibility index (Phi) is 5.55. The second kappa shape index (κ2) is 7.89. The number of aliphatic hydroxyl groups excluding tert-OH is 1. The minimum atomic E-state index is -0.780. The Bertz CT molecular complexity index is 1070. The van der Waals surface area contributed by atoms with Crippen LogP contribution in [0.3, 0.4) is 0 Å². The van der Waals surface area contributed by atoms with Crippen molar-refractivity contribution in [2.45, 2.75) is 40.3 Å². The van der Waals surface area contributed by atoms with Crippen LogP contribution < -0.4 is 11.0 Å². The van der Waals surface area contributed by atoms with Crippen LogP contribution in [0, 0.1) is 19.8 Å². The highest BCUT2D eigenvalue weighted by Crippen LogP contribution is 2.20. The lowest BCUT2D eigenvalue weighted by molar-refractivity contribution is 0.0950. The lowest BCUT2D eigenvalue weighted by atomic mass is 10.1. The molecule has 9 nitrogen and oxygen atoms in total. The summed E-state index contributed by atoms with van der Waals surface area (Å²) in [7, 11) is 0. The first kappa shape index (κ1) is 19.7. The van der Waals surface area contributed by atoms with Gasteiger partial charge in [-0.3, -0.25) is 13.8 Å². The predicted molar refractivity (Wildman–Crippen MR) is 103 cm³/mol. The van der Waals surface area contributed by atoms with E-state index in [1.165, 1.54) is 4.57 Å². The van der Waals surface area contributed by atoms with Gasteiger partial charge in [0.05, 0.1) is 5.56 Å². The zero-order valence-electron chi connectivity index (χ0n) is 16.4. The highest BCUT2D eigenvalue weighted by atomic mass is 16.3. The first-order valence-corrected chi connectivity index (χ1v) is 9.14. The number of hydrogen-bond acceptors (Lipinski definition) is 6. The monoisotopic (exact) mass is 384 g/mol. The predicted octanol–water partition coefficient (Wildman–Crippen LogP) is 1.02. The molecule has 0 aromatic carbocycles. The van der Waals surface area contributed by atoms with Crippen LogP contribution in [-0.4, -0.2) is 41.7 Å². The highest BCUT2D eigenvalue weighted by Gasteiger charge is 2.19. The van der Waals surface area contributed by atoms with Crippen molar-refractivity contribution in [2.75, 3.05) is 6.54 Å². The topological polar surface area (TPSA) is 114 Å². The summed E-state index contributed by atoms with van der Waals surface area (Å²) in [6.45, 7) is 7.98. The zero-order chi connectivity index (χ0) is 20.4. The third-order valence-electron chi connectivity index (χ3n) is 4.55. The van der Waals surface area contributed by atoms with Crippen LogP contribution in [0.5, 0.6) is 0 Å². The van der Waals surface area contributed by atoms with Gasteiger partial charge in [-0.1, -0.05) is 13.8 Å². The van der Waals surface area contributed by atoms with E-state index in [0.717, 1.165) is 5.69 Å². The lowest BCUT2D eigenvalue weighted by Crippen LogP contribution is -2.33. The average Bonchev–Trinajstić information content (AvgIpc) is 3.05. The molecule has 0 fully saturated rings. The molecule has 9 heteroatoms. The molecule has 0 radical (unpaired) electrons. The molecule has 148 valence electrons. The van der Waals surface area contributed by atoms with Crippen LogP contribution in [0.25, 0.3) is 5.65 Å². The quantitative estimate of drug-likeness (QED) is 0.656. The molecule has 1 amide bonds. The molecule has 1 unspecified atom stereocenters. The first-order chi connectivity index (χ1) is 13.3. The number of rotatable bonds is 6. The van der Waals surface area contributed by atoms with Gasteiger partial charge in [0.1, 0.15) is 6.10 Å². The van der Waals surface area contributed by atoms with Gasteiger partial charge in [-0.05, 0) is 38.0 Å². The number of amides is 1. The van der Waals surface area contributed by atoms with Gasteiger partial charge >= 0.3 is 5.69 Å². The van der Waals surface area contributed by atoms with Gasteiger partial charge in [-0.15, -0.1) is 10.2 Å². The Morgan fingerprint density at radius 1 is 1.25 bits per heavy atom. The minimum absolute atomic E-state index is 0.0328. The van der Waals surface area contributed by atoms with E-state index in [9.17, 15) is 14.7 Å². The first-order valence-electron chi connectivity index (χ1n) is 9.14. The van der Waals surface area contributed by atoms with E-state index < -0.39 is 6.10 Å². The highest BCUT2D eigenvalue weighted by molar-refractivity contribution is 5.94. The number of carbonyl (C=O) groups excluding carboxylic acids is 1. The number of aromatic nitrogens is 5. The van der Waals surface area contributed by atoms with Gasteiger partial charge in [0.25, 0.3) is 5.91 Å². The van der Waals surface area contributed by atoms with Crippen molar-refractivity contribution in [1.29, 1.82) is 0 Å². The van der Waals surface area contributed by atoms with Crippen molar-refractivity contribution < 1.29 is 9.90 Å². The number of aryl methyl sites for hydroxylation is 2. The lowest BCUT2D eigenvalue weighted by Gasteiger charge is -2.13. The third-order valence-corrected chi connectivity index (χ3v) is 4.55. The summed E-state index contributed by atoms with van der Waals surface area (Å²) in [5.74, 6) is 0.0773. The van der Waals surface area contributed by atoms with Crippen LogP contribution >= 0.6 is 0 Å². The van der Waals surface area contributed by atoms with Gasteiger partial charge in [-0.25, -0.2) is 4.79 Å². The fraction of sp³-hybridized carbons (Fsp3) is 0.421. The Morgan fingerprint density at radius 3 is 2.68 bits per heavy atom. The summed E-state index contributed by atoms with van der Waals surface area (Å²) < 4.78 is 3.14. The maximum atomic E-state index is 12.5. The maximum absolute atomic E-state index is 12.5. The van der Waals surface area contributed by atoms with Crippen LogP contribution in [0.1, 0.15) is 47.5 Å². The Morgan fingerprint density at radius 2 is 2.00 bits per heavy atom. The molecule has 0 aliphatic rings. The molecule has 0 saturated carbocycles. The van der Waals surface area contributed by atoms with E-state index in [2.05, 4.69) is 20.5 Å². The normalized spacial score (nSPS) is 12.5.